The highest BCUT2D eigenvalue weighted by Gasteiger charge is 2.23. The van der Waals surface area contributed by atoms with Crippen LogP contribution in [0.15, 0.2) is 59.1 Å². The Kier molecular flexibility index (Phi) is 7.69. The van der Waals surface area contributed by atoms with E-state index in [0.717, 1.165) is 27.9 Å². The summed E-state index contributed by atoms with van der Waals surface area (Å²) in [6.07, 6.45) is 0. The molecule has 2 aromatic carbocycles. The number of benzene rings is 2. The first-order valence-electron chi connectivity index (χ1n) is 12.2. The van der Waals surface area contributed by atoms with Crippen LogP contribution in [-0.4, -0.2) is 22.7 Å². The summed E-state index contributed by atoms with van der Waals surface area (Å²) in [5, 5.41) is 4.59. The molecule has 0 aliphatic rings. The van der Waals surface area contributed by atoms with Crippen molar-refractivity contribution < 1.29 is 18.8 Å². The predicted octanol–water partition coefficient (Wildman–Crippen LogP) is 7.73. The van der Waals surface area contributed by atoms with E-state index in [0.29, 0.717) is 34.4 Å². The van der Waals surface area contributed by atoms with Crippen molar-refractivity contribution in [3.05, 3.63) is 87.7 Å². The fourth-order valence-electron chi connectivity index (χ4n) is 4.16. The molecule has 7 heteroatoms. The smallest absolute Gasteiger partial charge is 0.360 e. The van der Waals surface area contributed by atoms with Crippen molar-refractivity contribution in [3.8, 4) is 28.3 Å². The van der Waals surface area contributed by atoms with Crippen LogP contribution < -0.4 is 4.74 Å². The number of hydrogen-bond donors (Lipinski definition) is 0. The van der Waals surface area contributed by atoms with E-state index in [9.17, 15) is 4.79 Å². The molecule has 2 heterocycles. The SMILES string of the molecule is CCOC(=O)c1cc(-c2c(OCc3ccccc3)cc(-c3cc(Cl)c(C(C)(C)C)cc3C)nc2C)on1. The summed E-state index contributed by atoms with van der Waals surface area (Å²) in [7, 11) is 0. The van der Waals surface area contributed by atoms with Crippen LogP contribution in [-0.2, 0) is 16.8 Å². The van der Waals surface area contributed by atoms with Crippen LogP contribution in [0.3, 0.4) is 0 Å². The Balaban J connectivity index is 1.81. The van der Waals surface area contributed by atoms with Crippen LogP contribution in [0, 0.1) is 13.8 Å². The van der Waals surface area contributed by atoms with Crippen LogP contribution in [0.2, 0.25) is 5.02 Å². The molecular formula is C30H31ClN2O4. The zero-order valence-corrected chi connectivity index (χ0v) is 22.8. The van der Waals surface area contributed by atoms with E-state index in [1.165, 1.54) is 0 Å². The molecule has 0 spiro atoms. The van der Waals surface area contributed by atoms with Gasteiger partial charge in [-0.25, -0.2) is 4.79 Å². The Morgan fingerprint density at radius 3 is 2.46 bits per heavy atom. The maximum atomic E-state index is 12.2. The number of nitrogens with zero attached hydrogens (tertiary/aromatic N) is 2. The molecule has 0 unspecified atom stereocenters. The van der Waals surface area contributed by atoms with Gasteiger partial charge in [0.15, 0.2) is 11.5 Å². The quantitative estimate of drug-likeness (QED) is 0.233. The van der Waals surface area contributed by atoms with Crippen molar-refractivity contribution in [2.75, 3.05) is 6.61 Å². The van der Waals surface area contributed by atoms with Crippen molar-refractivity contribution in [1.29, 1.82) is 0 Å². The summed E-state index contributed by atoms with van der Waals surface area (Å²) >= 11 is 6.72. The number of rotatable bonds is 7. The fourth-order valence-corrected chi connectivity index (χ4v) is 4.60. The number of pyridine rings is 1. The average molecular weight is 519 g/mol. The molecule has 0 atom stereocenters. The first-order valence-corrected chi connectivity index (χ1v) is 12.6. The second kappa shape index (κ2) is 10.8. The highest BCUT2D eigenvalue weighted by Crippen LogP contribution is 2.40. The van der Waals surface area contributed by atoms with Crippen molar-refractivity contribution in [3.63, 3.8) is 0 Å². The Labute approximate surface area is 222 Å². The third kappa shape index (κ3) is 5.86. The second-order valence-corrected chi connectivity index (χ2v) is 10.3. The normalized spacial score (nSPS) is 11.4. The Hall–Kier alpha value is -3.64. The number of aryl methyl sites for hydroxylation is 2. The maximum Gasteiger partial charge on any atom is 0.360 e. The summed E-state index contributed by atoms with van der Waals surface area (Å²) in [4.78, 5) is 17.0. The van der Waals surface area contributed by atoms with Crippen molar-refractivity contribution >= 4 is 17.6 Å². The number of ether oxygens (including phenoxy) is 2. The number of hydrogen-bond acceptors (Lipinski definition) is 6. The third-order valence-corrected chi connectivity index (χ3v) is 6.35. The zero-order valence-electron chi connectivity index (χ0n) is 22.0. The summed E-state index contributed by atoms with van der Waals surface area (Å²) < 4.78 is 16.9. The van der Waals surface area contributed by atoms with Gasteiger partial charge in [-0.15, -0.1) is 0 Å². The minimum atomic E-state index is -0.546. The van der Waals surface area contributed by atoms with Gasteiger partial charge in [0.2, 0.25) is 0 Å². The zero-order chi connectivity index (χ0) is 26.7. The van der Waals surface area contributed by atoms with Crippen molar-refractivity contribution in [2.24, 2.45) is 0 Å². The molecule has 192 valence electrons. The first-order chi connectivity index (χ1) is 17.6. The Morgan fingerprint density at radius 2 is 1.78 bits per heavy atom. The van der Waals surface area contributed by atoms with Gasteiger partial charge >= 0.3 is 5.97 Å². The molecule has 6 nitrogen and oxygen atoms in total. The van der Waals surface area contributed by atoms with Crippen molar-refractivity contribution in [1.82, 2.24) is 10.1 Å². The van der Waals surface area contributed by atoms with Gasteiger partial charge in [0.25, 0.3) is 0 Å². The van der Waals surface area contributed by atoms with E-state index in [2.05, 4.69) is 38.9 Å². The lowest BCUT2D eigenvalue weighted by Gasteiger charge is -2.23. The van der Waals surface area contributed by atoms with Crippen LogP contribution in [0.5, 0.6) is 5.75 Å². The highest BCUT2D eigenvalue weighted by atomic mass is 35.5. The monoisotopic (exact) mass is 518 g/mol. The van der Waals surface area contributed by atoms with Crippen LogP contribution in [0.25, 0.3) is 22.6 Å². The van der Waals surface area contributed by atoms with E-state index in [1.807, 2.05) is 49.4 Å². The summed E-state index contributed by atoms with van der Waals surface area (Å²) in [6.45, 7) is 12.7. The molecule has 0 amide bonds. The largest absolute Gasteiger partial charge is 0.488 e. The molecular weight excluding hydrogens is 488 g/mol. The highest BCUT2D eigenvalue weighted by molar-refractivity contribution is 6.31. The Bertz CT molecular complexity index is 1420. The lowest BCUT2D eigenvalue weighted by molar-refractivity contribution is 0.0514. The first kappa shape index (κ1) is 26.4. The summed E-state index contributed by atoms with van der Waals surface area (Å²) in [5.41, 5.74) is 6.11. The predicted molar refractivity (Wildman–Crippen MR) is 145 cm³/mol. The van der Waals surface area contributed by atoms with Gasteiger partial charge in [0.05, 0.1) is 23.6 Å². The number of esters is 1. The number of carbonyl (C=O) groups is 1. The molecule has 0 aliphatic heterocycles. The lowest BCUT2D eigenvalue weighted by atomic mass is 9.85. The van der Waals surface area contributed by atoms with Crippen LogP contribution >= 0.6 is 11.6 Å². The molecule has 0 saturated carbocycles. The molecule has 0 fully saturated rings. The van der Waals surface area contributed by atoms with Gasteiger partial charge in [-0.1, -0.05) is 73.9 Å². The van der Waals surface area contributed by atoms with Crippen LogP contribution in [0.1, 0.15) is 60.6 Å². The molecule has 37 heavy (non-hydrogen) atoms. The van der Waals surface area contributed by atoms with Crippen LogP contribution in [0.4, 0.5) is 0 Å². The molecule has 0 aliphatic carbocycles. The van der Waals surface area contributed by atoms with Crippen molar-refractivity contribution in [2.45, 2.75) is 53.6 Å². The molecule has 0 N–H and O–H groups in total. The van der Waals surface area contributed by atoms with E-state index < -0.39 is 5.97 Å². The topological polar surface area (TPSA) is 74.5 Å². The standard InChI is InChI=1S/C30H31ClN2O4/c1-7-35-29(34)25-16-27(37-33-25)28-19(3)32-24(15-26(28)36-17-20-11-9-8-10-12-20)21-14-23(31)22(13-18(21)2)30(4,5)6/h8-16H,7,17H2,1-6H3. The number of halogens is 1. The molecule has 0 radical (unpaired) electrons. The van der Waals surface area contributed by atoms with Gasteiger partial charge in [-0.2, -0.15) is 0 Å². The number of carbonyl (C=O) groups excluding carboxylic acids is 1. The van der Waals surface area contributed by atoms with Gasteiger partial charge in [0, 0.05) is 22.7 Å². The average Bonchev–Trinajstić information content (AvgIpc) is 3.33. The number of aromatic nitrogens is 2. The Morgan fingerprint density at radius 1 is 1.05 bits per heavy atom. The minimum Gasteiger partial charge on any atom is -0.488 e. The lowest BCUT2D eigenvalue weighted by Crippen LogP contribution is -2.12. The van der Waals surface area contributed by atoms with Gasteiger partial charge < -0.3 is 14.0 Å². The second-order valence-electron chi connectivity index (χ2n) is 9.93. The molecule has 4 aromatic rings. The summed E-state index contributed by atoms with van der Waals surface area (Å²) in [6, 6.07) is 17.4. The van der Waals surface area contributed by atoms with Gasteiger partial charge in [0.1, 0.15) is 12.4 Å². The molecule has 0 saturated heterocycles. The molecule has 4 rings (SSSR count). The molecule has 0 bridgehead atoms. The van der Waals surface area contributed by atoms with E-state index in [-0.39, 0.29) is 17.7 Å². The minimum absolute atomic E-state index is 0.0829. The molecule has 2 aromatic heterocycles. The van der Waals surface area contributed by atoms with E-state index in [4.69, 9.17) is 30.6 Å². The fraction of sp³-hybridized carbons (Fsp3) is 0.300. The van der Waals surface area contributed by atoms with Gasteiger partial charge in [-0.3, -0.25) is 4.98 Å². The maximum absolute atomic E-state index is 12.2. The van der Waals surface area contributed by atoms with Gasteiger partial charge in [-0.05, 0) is 48.9 Å². The third-order valence-electron chi connectivity index (χ3n) is 6.04. The summed E-state index contributed by atoms with van der Waals surface area (Å²) in [5.74, 6) is 0.393. The van der Waals surface area contributed by atoms with E-state index >= 15 is 0 Å². The van der Waals surface area contributed by atoms with E-state index in [1.54, 1.807) is 13.0 Å².